The van der Waals surface area contributed by atoms with E-state index in [-0.39, 0.29) is 35.7 Å². The van der Waals surface area contributed by atoms with Crippen molar-refractivity contribution in [2.45, 2.75) is 38.8 Å². The molecule has 2 aliphatic carbocycles. The molecule has 2 heterocycles. The number of hydrogen-bond acceptors (Lipinski definition) is 4. The summed E-state index contributed by atoms with van der Waals surface area (Å²) in [6.07, 6.45) is -0.366. The molecule has 0 spiro atoms. The number of nitriles is 1. The smallest absolute Gasteiger partial charge is 0.410 e. The van der Waals surface area contributed by atoms with Gasteiger partial charge in [0.15, 0.2) is 5.78 Å². The molecular formula is C13H16N2O3. The van der Waals surface area contributed by atoms with Gasteiger partial charge in [0.05, 0.1) is 23.9 Å². The lowest BCUT2D eigenvalue weighted by atomic mass is 10.0. The van der Waals surface area contributed by atoms with Crippen LogP contribution in [0.15, 0.2) is 0 Å². The normalized spacial score (nSPS) is 38.8. The number of nitrogens with zero attached hydrogens (tertiary/aromatic N) is 2. The van der Waals surface area contributed by atoms with E-state index in [1.807, 2.05) is 26.8 Å². The Bertz CT molecular complexity index is 481. The SMILES string of the molecule is CC(C)(C)OC(=O)N1C[C@@H]2[C@@H]3C1[C@@]23C(=O)CC#N. The largest absolute Gasteiger partial charge is 0.444 e. The van der Waals surface area contributed by atoms with Crippen LogP contribution in [0.2, 0.25) is 0 Å². The molecule has 2 bridgehead atoms. The van der Waals surface area contributed by atoms with Gasteiger partial charge < -0.3 is 9.64 Å². The van der Waals surface area contributed by atoms with Gasteiger partial charge in [0.2, 0.25) is 0 Å². The van der Waals surface area contributed by atoms with Gasteiger partial charge in [-0.25, -0.2) is 4.79 Å². The minimum Gasteiger partial charge on any atom is -0.444 e. The van der Waals surface area contributed by atoms with E-state index in [9.17, 15) is 9.59 Å². The standard InChI is InChI=1S/C13H16N2O3/c1-12(2,3)18-11(17)15-6-7-9-10(15)13(7,9)8(16)4-5-14/h7,9-10H,4,6H2,1-3H3/t7-,9-,10?,13-/m1/s1. The van der Waals surface area contributed by atoms with Crippen molar-refractivity contribution in [1.29, 1.82) is 5.26 Å². The maximum absolute atomic E-state index is 12.0. The number of amides is 1. The zero-order valence-electron chi connectivity index (χ0n) is 10.8. The molecule has 0 N–H and O–H groups in total. The first-order chi connectivity index (χ1) is 8.34. The first-order valence-corrected chi connectivity index (χ1v) is 6.24. The summed E-state index contributed by atoms with van der Waals surface area (Å²) in [5, 5.41) is 8.59. The van der Waals surface area contributed by atoms with Gasteiger partial charge in [0, 0.05) is 12.5 Å². The summed E-state index contributed by atoms with van der Waals surface area (Å²) in [7, 11) is 0. The number of Topliss-reactive ketones (excluding diaryl/α,β-unsaturated/α-hetero) is 1. The Kier molecular flexibility index (Phi) is 1.95. The van der Waals surface area contributed by atoms with Crippen LogP contribution in [0.1, 0.15) is 27.2 Å². The van der Waals surface area contributed by atoms with Gasteiger partial charge in [-0.3, -0.25) is 4.79 Å². The lowest BCUT2D eigenvalue weighted by Crippen LogP contribution is -2.36. The summed E-state index contributed by atoms with van der Waals surface area (Å²) in [6.45, 7) is 6.10. The molecule has 5 heteroatoms. The molecule has 1 amide bonds. The summed E-state index contributed by atoms with van der Waals surface area (Å²) in [5.41, 5.74) is -0.865. The van der Waals surface area contributed by atoms with E-state index < -0.39 is 5.60 Å². The summed E-state index contributed by atoms with van der Waals surface area (Å²) in [4.78, 5) is 25.5. The van der Waals surface area contributed by atoms with Crippen molar-refractivity contribution in [2.24, 2.45) is 17.3 Å². The fraction of sp³-hybridized carbons (Fsp3) is 0.769. The maximum Gasteiger partial charge on any atom is 0.410 e. The Morgan fingerprint density at radius 2 is 2.17 bits per heavy atom. The molecule has 18 heavy (non-hydrogen) atoms. The molecular weight excluding hydrogens is 232 g/mol. The highest BCUT2D eigenvalue weighted by Gasteiger charge is 2.96. The van der Waals surface area contributed by atoms with Gasteiger partial charge in [-0.15, -0.1) is 0 Å². The van der Waals surface area contributed by atoms with Gasteiger partial charge in [-0.05, 0) is 26.7 Å². The molecule has 2 saturated heterocycles. The number of carbonyl (C=O) groups is 2. The predicted molar refractivity (Wildman–Crippen MR) is 61.4 cm³/mol. The van der Waals surface area contributed by atoms with Crippen molar-refractivity contribution in [3.05, 3.63) is 0 Å². The molecule has 4 fully saturated rings. The third-order valence-corrected chi connectivity index (χ3v) is 4.29. The fourth-order valence-corrected chi connectivity index (χ4v) is 3.58. The third-order valence-electron chi connectivity index (χ3n) is 4.29. The van der Waals surface area contributed by atoms with E-state index >= 15 is 0 Å². The number of rotatable bonds is 2. The molecule has 0 aromatic rings. The van der Waals surface area contributed by atoms with Gasteiger partial charge in [-0.1, -0.05) is 0 Å². The number of fused-ring (bicyclic) bond motifs is 1. The van der Waals surface area contributed by atoms with E-state index in [1.54, 1.807) is 4.90 Å². The number of ketones is 1. The molecule has 1 unspecified atom stereocenters. The number of carbonyl (C=O) groups excluding carboxylic acids is 2. The van der Waals surface area contributed by atoms with Crippen LogP contribution in [0.25, 0.3) is 0 Å². The monoisotopic (exact) mass is 248 g/mol. The zero-order chi connectivity index (χ0) is 13.3. The first kappa shape index (κ1) is 11.5. The predicted octanol–water partition coefficient (Wildman–Crippen LogP) is 1.33. The van der Waals surface area contributed by atoms with E-state index in [1.165, 1.54) is 0 Å². The number of ether oxygens (including phenoxy) is 1. The summed E-state index contributed by atoms with van der Waals surface area (Å²) >= 11 is 0. The Hall–Kier alpha value is -1.57. The summed E-state index contributed by atoms with van der Waals surface area (Å²) in [6, 6.07) is 1.92. The average Bonchev–Trinajstić information content (AvgIpc) is 2.95. The van der Waals surface area contributed by atoms with Crippen LogP contribution in [-0.2, 0) is 9.53 Å². The van der Waals surface area contributed by atoms with Crippen molar-refractivity contribution >= 4 is 11.9 Å². The quantitative estimate of drug-likeness (QED) is 0.739. The van der Waals surface area contributed by atoms with E-state index in [2.05, 4.69) is 0 Å². The summed E-state index contributed by atoms with van der Waals surface area (Å²) < 4.78 is 5.33. The zero-order valence-corrected chi connectivity index (χ0v) is 10.8. The average molecular weight is 248 g/mol. The molecule has 4 aliphatic rings. The first-order valence-electron chi connectivity index (χ1n) is 6.24. The van der Waals surface area contributed by atoms with Crippen LogP contribution >= 0.6 is 0 Å². The topological polar surface area (TPSA) is 70.4 Å². The molecule has 4 rings (SSSR count). The van der Waals surface area contributed by atoms with Crippen LogP contribution in [-0.4, -0.2) is 35.0 Å². The third kappa shape index (κ3) is 1.21. The molecule has 2 saturated carbocycles. The Labute approximate surface area is 106 Å². The lowest BCUT2D eigenvalue weighted by molar-refractivity contribution is -0.121. The van der Waals surface area contributed by atoms with E-state index in [0.717, 1.165) is 0 Å². The lowest BCUT2D eigenvalue weighted by Gasteiger charge is -2.24. The van der Waals surface area contributed by atoms with E-state index in [4.69, 9.17) is 10.00 Å². The van der Waals surface area contributed by atoms with Crippen LogP contribution in [0, 0.1) is 28.6 Å². The van der Waals surface area contributed by atoms with Gasteiger partial charge in [0.25, 0.3) is 0 Å². The molecule has 0 aromatic carbocycles. The molecule has 0 radical (unpaired) electrons. The minimum absolute atomic E-state index is 0.0102. The van der Waals surface area contributed by atoms with Crippen molar-refractivity contribution in [1.82, 2.24) is 4.90 Å². The highest BCUT2D eigenvalue weighted by atomic mass is 16.6. The minimum atomic E-state index is -0.511. The van der Waals surface area contributed by atoms with Crippen molar-refractivity contribution < 1.29 is 14.3 Å². The van der Waals surface area contributed by atoms with Crippen molar-refractivity contribution in [3.63, 3.8) is 0 Å². The summed E-state index contributed by atoms with van der Waals surface area (Å²) in [5.74, 6) is 0.609. The fourth-order valence-electron chi connectivity index (χ4n) is 3.58. The molecule has 96 valence electrons. The van der Waals surface area contributed by atoms with Gasteiger partial charge >= 0.3 is 6.09 Å². The van der Waals surface area contributed by atoms with Crippen LogP contribution in [0.5, 0.6) is 0 Å². The molecule has 4 atom stereocenters. The van der Waals surface area contributed by atoms with Crippen LogP contribution in [0.3, 0.4) is 0 Å². The second kappa shape index (κ2) is 3.05. The van der Waals surface area contributed by atoms with Crippen LogP contribution in [0.4, 0.5) is 4.79 Å². The Morgan fingerprint density at radius 1 is 1.50 bits per heavy atom. The highest BCUT2D eigenvalue weighted by Crippen LogP contribution is 2.86. The molecule has 5 nitrogen and oxygen atoms in total. The van der Waals surface area contributed by atoms with Crippen molar-refractivity contribution in [2.75, 3.05) is 6.54 Å². The Morgan fingerprint density at radius 3 is 2.67 bits per heavy atom. The molecule has 2 aliphatic heterocycles. The maximum atomic E-state index is 12.0. The van der Waals surface area contributed by atoms with E-state index in [0.29, 0.717) is 12.5 Å². The van der Waals surface area contributed by atoms with Gasteiger partial charge in [-0.2, -0.15) is 5.26 Å². The van der Waals surface area contributed by atoms with Crippen LogP contribution < -0.4 is 0 Å². The second-order valence-electron chi connectivity index (χ2n) is 6.40. The number of piperidine rings is 1. The Balaban J connectivity index is 1.67. The second-order valence-corrected chi connectivity index (χ2v) is 6.40. The van der Waals surface area contributed by atoms with Gasteiger partial charge in [0.1, 0.15) is 5.60 Å². The highest BCUT2D eigenvalue weighted by molar-refractivity contribution is 5.98. The molecule has 0 aromatic heterocycles. The number of hydrogen-bond donors (Lipinski definition) is 0. The van der Waals surface area contributed by atoms with Crippen molar-refractivity contribution in [3.8, 4) is 6.07 Å².